The fourth-order valence-corrected chi connectivity index (χ4v) is 6.00. The molecule has 0 aromatic heterocycles. The van der Waals surface area contributed by atoms with Gasteiger partial charge >= 0.3 is 0 Å². The zero-order chi connectivity index (χ0) is 30.9. The number of aliphatic hydroxyl groups is 1. The number of sulfonamides is 1. The summed E-state index contributed by atoms with van der Waals surface area (Å²) in [5.74, 6) is -1.26. The number of carbonyl (C=O) groups is 2. The molecule has 0 aliphatic heterocycles. The van der Waals surface area contributed by atoms with Crippen molar-refractivity contribution in [3.63, 3.8) is 0 Å². The summed E-state index contributed by atoms with van der Waals surface area (Å²) in [6.07, 6.45) is 0.188. The van der Waals surface area contributed by atoms with Crippen LogP contribution in [0.5, 0.6) is 0 Å². The molecule has 3 rings (SSSR count). The van der Waals surface area contributed by atoms with E-state index in [1.165, 1.54) is 23.9 Å². The minimum Gasteiger partial charge on any atom is -0.391 e. The number of carbonyl (C=O) groups excluding carboxylic acids is 2. The maximum absolute atomic E-state index is 13.5. The zero-order valence-electron chi connectivity index (χ0n) is 24.1. The molecule has 0 heterocycles. The molecule has 0 radical (unpaired) electrons. The molecular weight excluding hydrogens is 577 g/mol. The molecule has 11 heteroatoms. The van der Waals surface area contributed by atoms with E-state index in [2.05, 4.69) is 15.4 Å². The number of rotatable bonds is 13. The van der Waals surface area contributed by atoms with E-state index >= 15 is 0 Å². The molecule has 0 unspecified atom stereocenters. The second kappa shape index (κ2) is 14.8. The SMILES string of the molecule is CC(C)(C)NC(=O)c1ccccc1C[C@@H](O)[C@H](Cc1ccccc1)NC(=O)[C@@H](CSc1ccc(F)cc1)NS(C)(=O)=O. The Morgan fingerprint density at radius 1 is 0.929 bits per heavy atom. The van der Waals surface area contributed by atoms with Gasteiger partial charge in [-0.25, -0.2) is 17.5 Å². The highest BCUT2D eigenvalue weighted by Crippen LogP contribution is 2.20. The van der Waals surface area contributed by atoms with Crippen molar-refractivity contribution in [3.8, 4) is 0 Å². The van der Waals surface area contributed by atoms with Crippen molar-refractivity contribution in [1.82, 2.24) is 15.4 Å². The van der Waals surface area contributed by atoms with Crippen LogP contribution in [0.1, 0.15) is 42.3 Å². The normalized spacial score (nSPS) is 14.0. The van der Waals surface area contributed by atoms with E-state index in [1.54, 1.807) is 36.4 Å². The van der Waals surface area contributed by atoms with Gasteiger partial charge in [-0.05, 0) is 68.7 Å². The summed E-state index contributed by atoms with van der Waals surface area (Å²) < 4.78 is 39.9. The molecule has 0 fully saturated rings. The Balaban J connectivity index is 1.84. The van der Waals surface area contributed by atoms with Crippen LogP contribution >= 0.6 is 11.8 Å². The Bertz CT molecular complexity index is 1450. The molecule has 0 aliphatic rings. The fourth-order valence-electron chi connectivity index (χ4n) is 4.26. The number of hydrogen-bond acceptors (Lipinski definition) is 6. The molecule has 0 aliphatic carbocycles. The predicted octanol–water partition coefficient (Wildman–Crippen LogP) is 3.70. The van der Waals surface area contributed by atoms with Gasteiger partial charge in [0.2, 0.25) is 15.9 Å². The van der Waals surface area contributed by atoms with Gasteiger partial charge in [-0.2, -0.15) is 0 Å². The van der Waals surface area contributed by atoms with E-state index in [4.69, 9.17) is 0 Å². The van der Waals surface area contributed by atoms with Crippen LogP contribution in [-0.2, 0) is 27.7 Å². The molecule has 4 N–H and O–H groups in total. The lowest BCUT2D eigenvalue weighted by Gasteiger charge is -2.28. The second-order valence-corrected chi connectivity index (χ2v) is 14.0. The average Bonchev–Trinajstić information content (AvgIpc) is 2.90. The van der Waals surface area contributed by atoms with Crippen molar-refractivity contribution in [2.45, 2.75) is 62.2 Å². The molecule has 3 aromatic carbocycles. The highest BCUT2D eigenvalue weighted by molar-refractivity contribution is 7.99. The molecule has 226 valence electrons. The second-order valence-electron chi connectivity index (χ2n) is 11.1. The Morgan fingerprint density at radius 2 is 1.55 bits per heavy atom. The van der Waals surface area contributed by atoms with E-state index < -0.39 is 45.5 Å². The maximum atomic E-state index is 13.5. The van der Waals surface area contributed by atoms with Gasteiger partial charge in [0.05, 0.1) is 18.4 Å². The van der Waals surface area contributed by atoms with Crippen LogP contribution in [0.15, 0.2) is 83.8 Å². The van der Waals surface area contributed by atoms with Crippen LogP contribution in [-0.4, -0.2) is 61.1 Å². The average molecular weight is 616 g/mol. The van der Waals surface area contributed by atoms with Gasteiger partial charge < -0.3 is 15.7 Å². The summed E-state index contributed by atoms with van der Waals surface area (Å²) in [6, 6.07) is 20.0. The number of halogens is 1. The molecule has 42 heavy (non-hydrogen) atoms. The highest BCUT2D eigenvalue weighted by Gasteiger charge is 2.29. The molecule has 0 spiro atoms. The Labute approximate surface area is 251 Å². The predicted molar refractivity (Wildman–Crippen MR) is 164 cm³/mol. The van der Waals surface area contributed by atoms with Gasteiger partial charge in [-0.1, -0.05) is 48.5 Å². The Morgan fingerprint density at radius 3 is 2.17 bits per heavy atom. The van der Waals surface area contributed by atoms with Crippen molar-refractivity contribution < 1.29 is 27.5 Å². The highest BCUT2D eigenvalue weighted by atomic mass is 32.2. The quantitative estimate of drug-likeness (QED) is 0.218. The number of thioether (sulfide) groups is 1. The van der Waals surface area contributed by atoms with Gasteiger partial charge in [0.15, 0.2) is 0 Å². The lowest BCUT2D eigenvalue weighted by molar-refractivity contribution is -0.123. The van der Waals surface area contributed by atoms with E-state index in [9.17, 15) is 27.5 Å². The maximum Gasteiger partial charge on any atom is 0.251 e. The minimum absolute atomic E-state index is 0.0362. The lowest BCUT2D eigenvalue weighted by Crippen LogP contribution is -2.54. The van der Waals surface area contributed by atoms with Crippen LogP contribution in [0.3, 0.4) is 0 Å². The topological polar surface area (TPSA) is 125 Å². The van der Waals surface area contributed by atoms with Crippen molar-refractivity contribution in [1.29, 1.82) is 0 Å². The minimum atomic E-state index is -3.76. The summed E-state index contributed by atoms with van der Waals surface area (Å²) in [7, 11) is -3.76. The molecule has 2 amide bonds. The van der Waals surface area contributed by atoms with E-state index in [0.29, 0.717) is 16.0 Å². The molecule has 0 bridgehead atoms. The smallest absolute Gasteiger partial charge is 0.251 e. The third kappa shape index (κ3) is 11.2. The lowest BCUT2D eigenvalue weighted by atomic mass is 9.93. The van der Waals surface area contributed by atoms with E-state index in [0.717, 1.165) is 11.8 Å². The van der Waals surface area contributed by atoms with Crippen LogP contribution in [0.25, 0.3) is 0 Å². The standard InChI is InChI=1S/C31H38FN3O5S2/c1-31(2,3)34-29(37)25-13-9-8-12-22(25)19-28(36)26(18-21-10-6-5-7-11-21)33-30(38)27(35-42(4,39)40)20-41-24-16-14-23(32)15-17-24/h5-17,26-28,35-36H,18-20H2,1-4H3,(H,33,38)(H,34,37)/t26-,27+,28+/m0/s1. The Hall–Kier alpha value is -3.25. The van der Waals surface area contributed by atoms with Gasteiger partial charge in [0, 0.05) is 28.2 Å². The van der Waals surface area contributed by atoms with Crippen molar-refractivity contribution in [3.05, 3.63) is 101 Å². The summed E-state index contributed by atoms with van der Waals surface area (Å²) in [5, 5.41) is 17.2. The van der Waals surface area contributed by atoms with Crippen LogP contribution in [0.2, 0.25) is 0 Å². The number of amides is 2. The summed E-state index contributed by atoms with van der Waals surface area (Å²) in [6.45, 7) is 5.63. The number of hydrogen-bond donors (Lipinski definition) is 4. The van der Waals surface area contributed by atoms with Gasteiger partial charge in [-0.15, -0.1) is 11.8 Å². The molecule has 3 aromatic rings. The summed E-state index contributed by atoms with van der Waals surface area (Å²) in [5.41, 5.74) is 1.43. The summed E-state index contributed by atoms with van der Waals surface area (Å²) in [4.78, 5) is 27.1. The van der Waals surface area contributed by atoms with E-state index in [1.807, 2.05) is 51.1 Å². The number of aliphatic hydroxyl groups excluding tert-OH is 1. The van der Waals surface area contributed by atoms with Crippen molar-refractivity contribution >= 4 is 33.6 Å². The first-order valence-corrected chi connectivity index (χ1v) is 16.4. The third-order valence-electron chi connectivity index (χ3n) is 6.17. The molecule has 3 atom stereocenters. The van der Waals surface area contributed by atoms with E-state index in [-0.39, 0.29) is 24.5 Å². The third-order valence-corrected chi connectivity index (χ3v) is 7.99. The fraction of sp³-hybridized carbons (Fsp3) is 0.355. The van der Waals surface area contributed by atoms with Crippen LogP contribution in [0, 0.1) is 5.82 Å². The van der Waals surface area contributed by atoms with Crippen molar-refractivity contribution in [2.75, 3.05) is 12.0 Å². The molecular formula is C31H38FN3O5S2. The molecule has 8 nitrogen and oxygen atoms in total. The number of benzene rings is 3. The zero-order valence-corrected chi connectivity index (χ0v) is 25.8. The van der Waals surface area contributed by atoms with Gasteiger partial charge in [0.25, 0.3) is 5.91 Å². The first kappa shape index (κ1) is 33.3. The van der Waals surface area contributed by atoms with Crippen LogP contribution < -0.4 is 15.4 Å². The van der Waals surface area contributed by atoms with Gasteiger partial charge in [-0.3, -0.25) is 9.59 Å². The first-order valence-electron chi connectivity index (χ1n) is 13.5. The Kier molecular flexibility index (Phi) is 11.7. The van der Waals surface area contributed by atoms with Crippen LogP contribution in [0.4, 0.5) is 4.39 Å². The van der Waals surface area contributed by atoms with Crippen molar-refractivity contribution in [2.24, 2.45) is 0 Å². The molecule has 0 saturated heterocycles. The largest absolute Gasteiger partial charge is 0.391 e. The number of nitrogens with one attached hydrogen (secondary N) is 3. The summed E-state index contributed by atoms with van der Waals surface area (Å²) >= 11 is 1.20. The van der Waals surface area contributed by atoms with Gasteiger partial charge in [0.1, 0.15) is 11.9 Å². The monoisotopic (exact) mass is 615 g/mol. The molecule has 0 saturated carbocycles. The first-order chi connectivity index (χ1) is 19.7.